The first-order valence-corrected chi connectivity index (χ1v) is 6.86. The normalized spacial score (nSPS) is 11.8. The van der Waals surface area contributed by atoms with Gasteiger partial charge in [-0.3, -0.25) is 5.10 Å². The Morgan fingerprint density at radius 3 is 2.42 bits per heavy atom. The summed E-state index contributed by atoms with van der Waals surface area (Å²) in [4.78, 5) is 0. The number of H-pyrrole nitrogens is 1. The molecule has 0 atom stereocenters. The predicted molar refractivity (Wildman–Crippen MR) is 80.1 cm³/mol. The molecule has 19 heavy (non-hydrogen) atoms. The Morgan fingerprint density at radius 2 is 1.84 bits per heavy atom. The zero-order chi connectivity index (χ0) is 13.9. The average Bonchev–Trinajstić information content (AvgIpc) is 2.84. The third kappa shape index (κ3) is 3.44. The molecule has 3 nitrogen and oxygen atoms in total. The fourth-order valence-electron chi connectivity index (χ4n) is 2.00. The molecule has 0 aliphatic heterocycles. The maximum absolute atomic E-state index is 4.37. The third-order valence-corrected chi connectivity index (χ3v) is 3.24. The fourth-order valence-corrected chi connectivity index (χ4v) is 2.00. The van der Waals surface area contributed by atoms with E-state index in [1.165, 1.54) is 5.56 Å². The van der Waals surface area contributed by atoms with Gasteiger partial charge in [-0.1, -0.05) is 52.0 Å². The highest BCUT2D eigenvalue weighted by Gasteiger charge is 2.13. The van der Waals surface area contributed by atoms with Gasteiger partial charge in [-0.2, -0.15) is 5.10 Å². The summed E-state index contributed by atoms with van der Waals surface area (Å²) in [5, 5.41) is 10.7. The second-order valence-corrected chi connectivity index (χ2v) is 5.89. The molecule has 0 aliphatic rings. The van der Waals surface area contributed by atoms with Crippen molar-refractivity contribution in [1.29, 1.82) is 0 Å². The van der Waals surface area contributed by atoms with E-state index in [9.17, 15) is 0 Å². The summed E-state index contributed by atoms with van der Waals surface area (Å²) >= 11 is 0. The SMILES string of the molecule is CCNCc1cc(-c2ccc(C(C)(C)C)cc2)n[nH]1. The highest BCUT2D eigenvalue weighted by atomic mass is 15.1. The summed E-state index contributed by atoms with van der Waals surface area (Å²) in [6, 6.07) is 10.8. The lowest BCUT2D eigenvalue weighted by Crippen LogP contribution is -2.11. The van der Waals surface area contributed by atoms with Crippen LogP contribution in [0.5, 0.6) is 0 Å². The molecule has 3 heteroatoms. The molecule has 0 aliphatic carbocycles. The van der Waals surface area contributed by atoms with Gasteiger partial charge >= 0.3 is 0 Å². The van der Waals surface area contributed by atoms with Gasteiger partial charge in [0.25, 0.3) is 0 Å². The van der Waals surface area contributed by atoms with Gasteiger partial charge in [0.1, 0.15) is 0 Å². The van der Waals surface area contributed by atoms with Crippen LogP contribution in [0.1, 0.15) is 39.0 Å². The molecule has 0 unspecified atom stereocenters. The van der Waals surface area contributed by atoms with Crippen LogP contribution in [-0.2, 0) is 12.0 Å². The maximum atomic E-state index is 4.37. The van der Waals surface area contributed by atoms with Crippen molar-refractivity contribution in [3.63, 3.8) is 0 Å². The molecular weight excluding hydrogens is 234 g/mol. The lowest BCUT2D eigenvalue weighted by atomic mass is 9.86. The van der Waals surface area contributed by atoms with Crippen LogP contribution in [0.2, 0.25) is 0 Å². The molecule has 0 saturated heterocycles. The third-order valence-electron chi connectivity index (χ3n) is 3.24. The molecular formula is C16H23N3. The molecule has 2 rings (SSSR count). The van der Waals surface area contributed by atoms with E-state index in [-0.39, 0.29) is 5.41 Å². The van der Waals surface area contributed by atoms with Crippen molar-refractivity contribution in [3.05, 3.63) is 41.6 Å². The zero-order valence-corrected chi connectivity index (χ0v) is 12.2. The summed E-state index contributed by atoms with van der Waals surface area (Å²) in [6.07, 6.45) is 0. The molecule has 0 fully saturated rings. The smallest absolute Gasteiger partial charge is 0.0924 e. The Hall–Kier alpha value is -1.61. The fraction of sp³-hybridized carbons (Fsp3) is 0.438. The number of aromatic amines is 1. The van der Waals surface area contributed by atoms with E-state index < -0.39 is 0 Å². The van der Waals surface area contributed by atoms with E-state index in [2.05, 4.69) is 73.5 Å². The molecule has 102 valence electrons. The molecule has 2 N–H and O–H groups in total. The summed E-state index contributed by atoms with van der Waals surface area (Å²) < 4.78 is 0. The summed E-state index contributed by atoms with van der Waals surface area (Å²) in [5.41, 5.74) is 4.83. The van der Waals surface area contributed by atoms with Crippen molar-refractivity contribution < 1.29 is 0 Å². The Balaban J connectivity index is 2.16. The van der Waals surface area contributed by atoms with Gasteiger partial charge in [0.15, 0.2) is 0 Å². The van der Waals surface area contributed by atoms with Crippen LogP contribution in [0.25, 0.3) is 11.3 Å². The van der Waals surface area contributed by atoms with Gasteiger partial charge in [-0.15, -0.1) is 0 Å². The quantitative estimate of drug-likeness (QED) is 0.880. The minimum absolute atomic E-state index is 0.195. The highest BCUT2D eigenvalue weighted by molar-refractivity contribution is 5.59. The number of nitrogens with zero attached hydrogens (tertiary/aromatic N) is 1. The minimum atomic E-state index is 0.195. The van der Waals surface area contributed by atoms with Crippen molar-refractivity contribution in [3.8, 4) is 11.3 Å². The van der Waals surface area contributed by atoms with Crippen LogP contribution >= 0.6 is 0 Å². The second kappa shape index (κ2) is 5.57. The molecule has 0 saturated carbocycles. The van der Waals surface area contributed by atoms with E-state index in [0.717, 1.165) is 30.0 Å². The standard InChI is InChI=1S/C16H23N3/c1-5-17-11-14-10-15(19-18-14)12-6-8-13(9-7-12)16(2,3)4/h6-10,17H,5,11H2,1-4H3,(H,18,19). The summed E-state index contributed by atoms with van der Waals surface area (Å²) in [6.45, 7) is 10.6. The second-order valence-electron chi connectivity index (χ2n) is 5.89. The van der Waals surface area contributed by atoms with Crippen LogP contribution < -0.4 is 5.32 Å². The first-order chi connectivity index (χ1) is 9.00. The average molecular weight is 257 g/mol. The summed E-state index contributed by atoms with van der Waals surface area (Å²) in [5.74, 6) is 0. The number of benzene rings is 1. The van der Waals surface area contributed by atoms with Crippen LogP contribution in [0.15, 0.2) is 30.3 Å². The minimum Gasteiger partial charge on any atom is -0.311 e. The van der Waals surface area contributed by atoms with Crippen molar-refractivity contribution in [2.24, 2.45) is 0 Å². The molecule has 0 bridgehead atoms. The van der Waals surface area contributed by atoms with E-state index in [0.29, 0.717) is 0 Å². The zero-order valence-electron chi connectivity index (χ0n) is 12.2. The molecule has 1 heterocycles. The number of hydrogen-bond acceptors (Lipinski definition) is 2. The van der Waals surface area contributed by atoms with Crippen molar-refractivity contribution >= 4 is 0 Å². The largest absolute Gasteiger partial charge is 0.311 e. The molecule has 1 aromatic carbocycles. The first-order valence-electron chi connectivity index (χ1n) is 6.86. The lowest BCUT2D eigenvalue weighted by Gasteiger charge is -2.18. The van der Waals surface area contributed by atoms with Gasteiger partial charge in [0.05, 0.1) is 5.69 Å². The molecule has 2 aromatic rings. The Morgan fingerprint density at radius 1 is 1.16 bits per heavy atom. The van der Waals surface area contributed by atoms with E-state index in [4.69, 9.17) is 0 Å². The van der Waals surface area contributed by atoms with Crippen LogP contribution in [-0.4, -0.2) is 16.7 Å². The van der Waals surface area contributed by atoms with E-state index >= 15 is 0 Å². The number of aromatic nitrogens is 2. The van der Waals surface area contributed by atoms with Gasteiger partial charge in [0.2, 0.25) is 0 Å². The highest BCUT2D eigenvalue weighted by Crippen LogP contribution is 2.25. The lowest BCUT2D eigenvalue weighted by molar-refractivity contribution is 0.590. The molecule has 0 radical (unpaired) electrons. The molecule has 0 spiro atoms. The van der Waals surface area contributed by atoms with Gasteiger partial charge in [0, 0.05) is 17.8 Å². The van der Waals surface area contributed by atoms with Crippen molar-refractivity contribution in [1.82, 2.24) is 15.5 Å². The molecule has 1 aromatic heterocycles. The van der Waals surface area contributed by atoms with Crippen LogP contribution in [0.3, 0.4) is 0 Å². The van der Waals surface area contributed by atoms with Crippen LogP contribution in [0, 0.1) is 0 Å². The van der Waals surface area contributed by atoms with Gasteiger partial charge in [-0.25, -0.2) is 0 Å². The first kappa shape index (κ1) is 13.8. The Kier molecular flexibility index (Phi) is 4.05. The van der Waals surface area contributed by atoms with E-state index in [1.54, 1.807) is 0 Å². The van der Waals surface area contributed by atoms with Crippen molar-refractivity contribution in [2.45, 2.75) is 39.7 Å². The number of hydrogen-bond donors (Lipinski definition) is 2. The number of rotatable bonds is 4. The Labute approximate surface area is 115 Å². The number of nitrogens with one attached hydrogen (secondary N) is 2. The Bertz CT molecular complexity index is 518. The van der Waals surface area contributed by atoms with Gasteiger partial charge < -0.3 is 5.32 Å². The summed E-state index contributed by atoms with van der Waals surface area (Å²) in [7, 11) is 0. The maximum Gasteiger partial charge on any atom is 0.0924 e. The molecule has 0 amide bonds. The topological polar surface area (TPSA) is 40.7 Å². The van der Waals surface area contributed by atoms with Gasteiger partial charge in [-0.05, 0) is 23.6 Å². The van der Waals surface area contributed by atoms with Crippen molar-refractivity contribution in [2.75, 3.05) is 6.54 Å². The monoisotopic (exact) mass is 257 g/mol. The predicted octanol–water partition coefficient (Wildman–Crippen LogP) is 3.48. The van der Waals surface area contributed by atoms with Crippen LogP contribution in [0.4, 0.5) is 0 Å². The van der Waals surface area contributed by atoms with E-state index in [1.807, 2.05) is 0 Å².